The van der Waals surface area contributed by atoms with E-state index >= 15 is 0 Å². The summed E-state index contributed by atoms with van der Waals surface area (Å²) < 4.78 is 10.4. The van der Waals surface area contributed by atoms with Crippen molar-refractivity contribution in [3.8, 4) is 11.5 Å². The molecule has 23 heavy (non-hydrogen) atoms. The molecule has 116 valence electrons. The molecule has 1 aliphatic heterocycles. The predicted octanol–water partition coefficient (Wildman–Crippen LogP) is 4.32. The van der Waals surface area contributed by atoms with Gasteiger partial charge in [-0.05, 0) is 29.8 Å². The van der Waals surface area contributed by atoms with E-state index in [1.807, 2.05) is 30.4 Å². The third-order valence-electron chi connectivity index (χ3n) is 3.57. The summed E-state index contributed by atoms with van der Waals surface area (Å²) in [4.78, 5) is 13.6. The molecule has 0 saturated heterocycles. The largest absolute Gasteiger partial charge is 0.497 e. The van der Waals surface area contributed by atoms with E-state index in [-0.39, 0.29) is 5.92 Å². The lowest BCUT2D eigenvalue weighted by Gasteiger charge is -2.20. The number of rotatable bonds is 3. The topological polar surface area (TPSA) is 38.8 Å². The van der Waals surface area contributed by atoms with E-state index in [0.29, 0.717) is 11.5 Å². The van der Waals surface area contributed by atoms with Crippen LogP contribution in [0.3, 0.4) is 0 Å². The second-order valence-corrected chi connectivity index (χ2v) is 5.07. The fourth-order valence-corrected chi connectivity index (χ4v) is 2.30. The van der Waals surface area contributed by atoms with Crippen LogP contribution in [0.4, 0.5) is 4.79 Å². The Hall–Kier alpha value is -3.01. The van der Waals surface area contributed by atoms with Crippen LogP contribution in [0, 0.1) is 0 Å². The van der Waals surface area contributed by atoms with Gasteiger partial charge in [0.15, 0.2) is 0 Å². The summed E-state index contributed by atoms with van der Waals surface area (Å²) in [7, 11) is 1.59. The predicted molar refractivity (Wildman–Crippen MR) is 88.3 cm³/mol. The normalized spacial score (nSPS) is 13.9. The molecule has 3 rings (SSSR count). The van der Waals surface area contributed by atoms with Gasteiger partial charge in [-0.15, -0.1) is 0 Å². The van der Waals surface area contributed by atoms with Gasteiger partial charge >= 0.3 is 6.09 Å². The molecule has 2 aromatic rings. The van der Waals surface area contributed by atoms with Crippen molar-refractivity contribution in [1.29, 1.82) is 0 Å². The van der Waals surface area contributed by atoms with Gasteiger partial charge in [0.2, 0.25) is 0 Å². The van der Waals surface area contributed by atoms with Gasteiger partial charge in [0, 0.05) is 18.3 Å². The van der Waals surface area contributed by atoms with Crippen molar-refractivity contribution in [3.05, 3.63) is 84.7 Å². The molecule has 0 N–H and O–H groups in total. The van der Waals surface area contributed by atoms with Gasteiger partial charge in [0.25, 0.3) is 0 Å². The van der Waals surface area contributed by atoms with E-state index < -0.39 is 6.09 Å². The summed E-state index contributed by atoms with van der Waals surface area (Å²) in [6.45, 7) is 0. The number of allylic oxidation sites excluding steroid dienone is 2. The zero-order chi connectivity index (χ0) is 16.1. The summed E-state index contributed by atoms with van der Waals surface area (Å²) in [5.41, 5.74) is 1.18. The van der Waals surface area contributed by atoms with Gasteiger partial charge in [-0.2, -0.15) is 0 Å². The zero-order valence-corrected chi connectivity index (χ0v) is 12.8. The molecule has 0 atom stereocenters. The van der Waals surface area contributed by atoms with Crippen LogP contribution in [-0.4, -0.2) is 18.1 Å². The maximum absolute atomic E-state index is 12.1. The molecule has 0 spiro atoms. The lowest BCUT2D eigenvalue weighted by molar-refractivity contribution is 0.181. The van der Waals surface area contributed by atoms with E-state index in [1.54, 1.807) is 43.8 Å². The number of carbonyl (C=O) groups is 1. The molecular weight excluding hydrogens is 290 g/mol. The van der Waals surface area contributed by atoms with Crippen molar-refractivity contribution >= 4 is 6.09 Å². The highest BCUT2D eigenvalue weighted by Gasteiger charge is 2.16. The molecule has 0 unspecified atom stereocenters. The molecule has 0 aromatic heterocycles. The van der Waals surface area contributed by atoms with Crippen LogP contribution in [-0.2, 0) is 0 Å². The summed E-state index contributed by atoms with van der Waals surface area (Å²) >= 11 is 0. The number of nitrogens with zero attached hydrogens (tertiary/aromatic N) is 1. The van der Waals surface area contributed by atoms with Gasteiger partial charge in [0.1, 0.15) is 11.5 Å². The standard InChI is InChI=1S/C19H17NO3/c1-22-17-7-9-18(10-8-17)23-19(21)20-13-11-16(12-14-20)15-5-3-2-4-6-15/h2-14,16H,1H3. The maximum Gasteiger partial charge on any atom is 0.423 e. The van der Waals surface area contributed by atoms with Crippen LogP contribution in [0.25, 0.3) is 0 Å². The quantitative estimate of drug-likeness (QED) is 0.847. The molecule has 1 amide bonds. The highest BCUT2D eigenvalue weighted by atomic mass is 16.6. The highest BCUT2D eigenvalue weighted by Crippen LogP contribution is 2.23. The Balaban J connectivity index is 1.62. The molecule has 4 nitrogen and oxygen atoms in total. The van der Waals surface area contributed by atoms with E-state index in [1.165, 1.54) is 10.5 Å². The second kappa shape index (κ2) is 6.83. The molecule has 0 radical (unpaired) electrons. The van der Waals surface area contributed by atoms with Gasteiger partial charge in [-0.3, -0.25) is 4.90 Å². The van der Waals surface area contributed by atoms with Crippen molar-refractivity contribution in [2.45, 2.75) is 5.92 Å². The lowest BCUT2D eigenvalue weighted by Crippen LogP contribution is -2.25. The molecule has 4 heteroatoms. The van der Waals surface area contributed by atoms with E-state index in [2.05, 4.69) is 12.1 Å². The van der Waals surface area contributed by atoms with Crippen molar-refractivity contribution in [3.63, 3.8) is 0 Å². The van der Waals surface area contributed by atoms with Gasteiger partial charge in [-0.1, -0.05) is 42.5 Å². The molecule has 0 fully saturated rings. The minimum absolute atomic E-state index is 0.168. The SMILES string of the molecule is COc1ccc(OC(=O)N2C=CC(c3ccccc3)C=C2)cc1. The summed E-state index contributed by atoms with van der Waals surface area (Å²) in [5.74, 6) is 1.36. The molecule has 1 heterocycles. The molecule has 0 aliphatic carbocycles. The van der Waals surface area contributed by atoms with Crippen LogP contribution >= 0.6 is 0 Å². The summed E-state index contributed by atoms with van der Waals surface area (Å²) in [6.07, 6.45) is 6.93. The number of methoxy groups -OCH3 is 1. The smallest absolute Gasteiger partial charge is 0.423 e. The Labute approximate surface area is 135 Å². The van der Waals surface area contributed by atoms with Gasteiger partial charge in [0.05, 0.1) is 7.11 Å². The van der Waals surface area contributed by atoms with Crippen molar-refractivity contribution in [2.24, 2.45) is 0 Å². The molecule has 0 bridgehead atoms. The second-order valence-electron chi connectivity index (χ2n) is 5.07. The van der Waals surface area contributed by atoms with E-state index in [9.17, 15) is 4.79 Å². The molecule has 0 saturated carbocycles. The van der Waals surface area contributed by atoms with Crippen LogP contribution in [0.15, 0.2) is 79.1 Å². The van der Waals surface area contributed by atoms with Gasteiger partial charge < -0.3 is 9.47 Å². The first-order valence-corrected chi connectivity index (χ1v) is 7.32. The Kier molecular flexibility index (Phi) is 4.43. The first-order chi connectivity index (χ1) is 11.3. The first kappa shape index (κ1) is 14.9. The van der Waals surface area contributed by atoms with Crippen LogP contribution < -0.4 is 9.47 Å². The molecular formula is C19H17NO3. The Morgan fingerprint density at radius 2 is 1.52 bits per heavy atom. The van der Waals surface area contributed by atoms with Crippen LogP contribution in [0.5, 0.6) is 11.5 Å². The minimum atomic E-state index is -0.450. The maximum atomic E-state index is 12.1. The van der Waals surface area contributed by atoms with Crippen molar-refractivity contribution in [2.75, 3.05) is 7.11 Å². The van der Waals surface area contributed by atoms with Gasteiger partial charge in [-0.25, -0.2) is 4.79 Å². The fourth-order valence-electron chi connectivity index (χ4n) is 2.30. The third kappa shape index (κ3) is 3.61. The van der Waals surface area contributed by atoms with Crippen molar-refractivity contribution in [1.82, 2.24) is 4.90 Å². The van der Waals surface area contributed by atoms with E-state index in [4.69, 9.17) is 9.47 Å². The number of hydrogen-bond donors (Lipinski definition) is 0. The summed E-state index contributed by atoms with van der Waals surface area (Å²) in [5, 5.41) is 0. The number of hydrogen-bond acceptors (Lipinski definition) is 3. The van der Waals surface area contributed by atoms with E-state index in [0.717, 1.165) is 0 Å². The van der Waals surface area contributed by atoms with Crippen LogP contribution in [0.1, 0.15) is 11.5 Å². The highest BCUT2D eigenvalue weighted by molar-refractivity contribution is 5.73. The fraction of sp³-hybridized carbons (Fsp3) is 0.105. The Morgan fingerprint density at radius 3 is 2.13 bits per heavy atom. The monoisotopic (exact) mass is 307 g/mol. The average molecular weight is 307 g/mol. The van der Waals surface area contributed by atoms with Crippen molar-refractivity contribution < 1.29 is 14.3 Å². The number of amides is 1. The Morgan fingerprint density at radius 1 is 0.913 bits per heavy atom. The Bertz CT molecular complexity index is 706. The first-order valence-electron chi connectivity index (χ1n) is 7.32. The number of ether oxygens (including phenoxy) is 2. The number of carbonyl (C=O) groups excluding carboxylic acids is 1. The zero-order valence-electron chi connectivity index (χ0n) is 12.8. The van der Waals surface area contributed by atoms with Crippen LogP contribution in [0.2, 0.25) is 0 Å². The third-order valence-corrected chi connectivity index (χ3v) is 3.57. The average Bonchev–Trinajstić information content (AvgIpc) is 2.63. The minimum Gasteiger partial charge on any atom is -0.497 e. The lowest BCUT2D eigenvalue weighted by atomic mass is 9.98. The number of benzene rings is 2. The molecule has 2 aromatic carbocycles. The summed E-state index contributed by atoms with van der Waals surface area (Å²) in [6, 6.07) is 17.0. The molecule has 1 aliphatic rings.